The minimum absolute atomic E-state index is 0.0187. The zero-order chi connectivity index (χ0) is 17.4. The average Bonchev–Trinajstić information content (AvgIpc) is 3.09. The first-order chi connectivity index (χ1) is 11.6. The molecule has 1 aliphatic rings. The number of pyridine rings is 1. The summed E-state index contributed by atoms with van der Waals surface area (Å²) in [6.07, 6.45) is 3.22. The SMILES string of the molecule is CCN(CC)CCCNC(=O)c1cnc(OC2CCOC2)c(Cl)c1. The molecule has 1 aromatic rings. The van der Waals surface area contributed by atoms with Gasteiger partial charge >= 0.3 is 0 Å². The van der Waals surface area contributed by atoms with Crippen LogP contribution >= 0.6 is 11.6 Å². The van der Waals surface area contributed by atoms with Gasteiger partial charge in [0.2, 0.25) is 5.88 Å². The maximum absolute atomic E-state index is 12.2. The number of halogens is 1. The third kappa shape index (κ3) is 5.61. The smallest absolute Gasteiger partial charge is 0.252 e. The lowest BCUT2D eigenvalue weighted by molar-refractivity contribution is 0.0951. The van der Waals surface area contributed by atoms with E-state index in [1.54, 1.807) is 6.07 Å². The Kier molecular flexibility index (Phi) is 7.75. The van der Waals surface area contributed by atoms with Gasteiger partial charge in [-0.3, -0.25) is 4.79 Å². The van der Waals surface area contributed by atoms with Crippen LogP contribution < -0.4 is 10.1 Å². The van der Waals surface area contributed by atoms with Crippen molar-refractivity contribution in [1.29, 1.82) is 0 Å². The van der Waals surface area contributed by atoms with Gasteiger partial charge in [0.15, 0.2) is 0 Å². The number of aromatic nitrogens is 1. The van der Waals surface area contributed by atoms with Gasteiger partial charge in [0.1, 0.15) is 11.1 Å². The van der Waals surface area contributed by atoms with Crippen LogP contribution in [0.2, 0.25) is 5.02 Å². The third-order valence-electron chi connectivity index (χ3n) is 4.07. The van der Waals surface area contributed by atoms with E-state index in [0.29, 0.717) is 36.2 Å². The van der Waals surface area contributed by atoms with Crippen molar-refractivity contribution in [3.05, 3.63) is 22.8 Å². The molecular weight excluding hydrogens is 330 g/mol. The zero-order valence-electron chi connectivity index (χ0n) is 14.4. The highest BCUT2D eigenvalue weighted by atomic mass is 35.5. The molecule has 0 bridgehead atoms. The number of nitrogens with zero attached hydrogens (tertiary/aromatic N) is 2. The Balaban J connectivity index is 1.80. The van der Waals surface area contributed by atoms with E-state index in [2.05, 4.69) is 29.0 Å². The zero-order valence-corrected chi connectivity index (χ0v) is 15.1. The van der Waals surface area contributed by atoms with Crippen molar-refractivity contribution in [1.82, 2.24) is 15.2 Å². The number of hydrogen-bond acceptors (Lipinski definition) is 5. The van der Waals surface area contributed by atoms with Crippen LogP contribution in [0, 0.1) is 0 Å². The molecule has 2 heterocycles. The first-order valence-electron chi connectivity index (χ1n) is 8.54. The first-order valence-corrected chi connectivity index (χ1v) is 8.92. The summed E-state index contributed by atoms with van der Waals surface area (Å²) in [6, 6.07) is 1.60. The Morgan fingerprint density at radius 3 is 2.92 bits per heavy atom. The molecule has 2 rings (SSSR count). The molecule has 1 saturated heterocycles. The molecule has 1 aromatic heterocycles. The van der Waals surface area contributed by atoms with Gasteiger partial charge in [-0.15, -0.1) is 0 Å². The first kappa shape index (κ1) is 19.0. The van der Waals surface area contributed by atoms with Crippen LogP contribution in [0.1, 0.15) is 37.0 Å². The molecule has 1 atom stereocenters. The molecule has 24 heavy (non-hydrogen) atoms. The Hall–Kier alpha value is -1.37. The summed E-state index contributed by atoms with van der Waals surface area (Å²) in [5.74, 6) is 0.185. The standard InChI is InChI=1S/C17H26ClN3O3/c1-3-21(4-2)8-5-7-19-16(22)13-10-15(18)17(20-11-13)24-14-6-9-23-12-14/h10-11,14H,3-9,12H2,1-2H3,(H,19,22). The third-order valence-corrected chi connectivity index (χ3v) is 4.34. The van der Waals surface area contributed by atoms with Crippen molar-refractivity contribution in [2.75, 3.05) is 39.4 Å². The molecule has 6 nitrogen and oxygen atoms in total. The van der Waals surface area contributed by atoms with Crippen LogP contribution in [0.25, 0.3) is 0 Å². The summed E-state index contributed by atoms with van der Waals surface area (Å²) in [5.41, 5.74) is 0.442. The number of rotatable bonds is 9. The van der Waals surface area contributed by atoms with Crippen molar-refractivity contribution in [2.24, 2.45) is 0 Å². The summed E-state index contributed by atoms with van der Waals surface area (Å²) >= 11 is 6.18. The molecule has 0 aliphatic carbocycles. The second-order valence-corrected chi connectivity index (χ2v) is 6.16. The van der Waals surface area contributed by atoms with Gasteiger partial charge < -0.3 is 19.7 Å². The summed E-state index contributed by atoms with van der Waals surface area (Å²) in [7, 11) is 0. The molecule has 1 amide bonds. The van der Waals surface area contributed by atoms with Crippen molar-refractivity contribution in [2.45, 2.75) is 32.8 Å². The lowest BCUT2D eigenvalue weighted by atomic mass is 10.2. The highest BCUT2D eigenvalue weighted by Crippen LogP contribution is 2.25. The highest BCUT2D eigenvalue weighted by Gasteiger charge is 2.20. The number of carbonyl (C=O) groups is 1. The van der Waals surface area contributed by atoms with Crippen LogP contribution in [-0.2, 0) is 4.74 Å². The van der Waals surface area contributed by atoms with E-state index in [0.717, 1.165) is 32.5 Å². The van der Waals surface area contributed by atoms with Gasteiger partial charge in [-0.05, 0) is 32.1 Å². The van der Waals surface area contributed by atoms with E-state index in [9.17, 15) is 4.79 Å². The molecule has 1 aliphatic heterocycles. The van der Waals surface area contributed by atoms with Gasteiger partial charge in [-0.25, -0.2) is 4.98 Å². The van der Waals surface area contributed by atoms with Crippen LogP contribution in [0.15, 0.2) is 12.3 Å². The number of nitrogens with one attached hydrogen (secondary N) is 1. The van der Waals surface area contributed by atoms with Gasteiger partial charge in [0.05, 0.1) is 18.8 Å². The molecule has 1 fully saturated rings. The van der Waals surface area contributed by atoms with Crippen LogP contribution in [0.5, 0.6) is 5.88 Å². The van der Waals surface area contributed by atoms with Crippen LogP contribution in [0.3, 0.4) is 0 Å². The molecule has 1 N–H and O–H groups in total. The second-order valence-electron chi connectivity index (χ2n) is 5.75. The number of ether oxygens (including phenoxy) is 2. The Bertz CT molecular complexity index is 532. The van der Waals surface area contributed by atoms with E-state index in [1.807, 2.05) is 0 Å². The van der Waals surface area contributed by atoms with E-state index in [-0.39, 0.29) is 12.0 Å². The number of amides is 1. The topological polar surface area (TPSA) is 63.7 Å². The molecule has 0 spiro atoms. The maximum Gasteiger partial charge on any atom is 0.252 e. The Labute approximate surface area is 148 Å². The molecule has 1 unspecified atom stereocenters. The fourth-order valence-corrected chi connectivity index (χ4v) is 2.76. The van der Waals surface area contributed by atoms with Crippen molar-refractivity contribution >= 4 is 17.5 Å². The summed E-state index contributed by atoms with van der Waals surface area (Å²) in [4.78, 5) is 18.6. The fourth-order valence-electron chi connectivity index (χ4n) is 2.55. The maximum atomic E-state index is 12.2. The monoisotopic (exact) mass is 355 g/mol. The van der Waals surface area contributed by atoms with Gasteiger partial charge in [0, 0.05) is 19.2 Å². The summed E-state index contributed by atoms with van der Waals surface area (Å²) in [5, 5.41) is 3.24. The van der Waals surface area contributed by atoms with Crippen LogP contribution in [-0.4, -0.2) is 61.3 Å². The molecular formula is C17H26ClN3O3. The molecule has 0 saturated carbocycles. The Morgan fingerprint density at radius 2 is 2.29 bits per heavy atom. The van der Waals surface area contributed by atoms with Crippen molar-refractivity contribution in [3.63, 3.8) is 0 Å². The van der Waals surface area contributed by atoms with E-state index >= 15 is 0 Å². The molecule has 0 aromatic carbocycles. The van der Waals surface area contributed by atoms with Gasteiger partial charge in [-0.1, -0.05) is 25.4 Å². The lowest BCUT2D eigenvalue weighted by Crippen LogP contribution is -2.30. The van der Waals surface area contributed by atoms with E-state index < -0.39 is 0 Å². The van der Waals surface area contributed by atoms with Crippen molar-refractivity contribution < 1.29 is 14.3 Å². The average molecular weight is 356 g/mol. The summed E-state index contributed by atoms with van der Waals surface area (Å²) < 4.78 is 10.9. The van der Waals surface area contributed by atoms with Gasteiger partial charge in [0.25, 0.3) is 5.91 Å². The quantitative estimate of drug-likeness (QED) is 0.689. The predicted molar refractivity (Wildman–Crippen MR) is 93.8 cm³/mol. The fraction of sp³-hybridized carbons (Fsp3) is 0.647. The van der Waals surface area contributed by atoms with Crippen LogP contribution in [0.4, 0.5) is 0 Å². The molecule has 134 valence electrons. The predicted octanol–water partition coefficient (Wildman–Crippen LogP) is 2.36. The Morgan fingerprint density at radius 1 is 1.50 bits per heavy atom. The lowest BCUT2D eigenvalue weighted by Gasteiger charge is -2.17. The molecule has 0 radical (unpaired) electrons. The molecule has 7 heteroatoms. The minimum Gasteiger partial charge on any atom is -0.471 e. The normalized spacial score (nSPS) is 17.2. The number of hydrogen-bond donors (Lipinski definition) is 1. The van der Waals surface area contributed by atoms with E-state index in [1.165, 1.54) is 6.20 Å². The summed E-state index contributed by atoms with van der Waals surface area (Å²) in [6.45, 7) is 9.17. The highest BCUT2D eigenvalue weighted by molar-refractivity contribution is 6.32. The van der Waals surface area contributed by atoms with Gasteiger partial charge in [-0.2, -0.15) is 0 Å². The van der Waals surface area contributed by atoms with E-state index in [4.69, 9.17) is 21.1 Å². The largest absolute Gasteiger partial charge is 0.471 e. The second kappa shape index (κ2) is 9.81. The minimum atomic E-state index is -0.167. The van der Waals surface area contributed by atoms with Crippen molar-refractivity contribution in [3.8, 4) is 5.88 Å². The number of carbonyl (C=O) groups excluding carboxylic acids is 1.